The Morgan fingerprint density at radius 2 is 1.81 bits per heavy atom. The molecule has 0 unspecified atom stereocenters. The van der Waals surface area contributed by atoms with Gasteiger partial charge in [-0.2, -0.15) is 0 Å². The van der Waals surface area contributed by atoms with E-state index in [1.807, 2.05) is 88.6 Å². The van der Waals surface area contributed by atoms with Crippen LogP contribution in [0.2, 0.25) is 0 Å². The molecule has 0 aliphatic carbocycles. The highest BCUT2D eigenvalue weighted by Gasteiger charge is 2.46. The number of morpholine rings is 1. The lowest BCUT2D eigenvalue weighted by Crippen LogP contribution is -2.60. The maximum Gasteiger partial charge on any atom is 0.324 e. The van der Waals surface area contributed by atoms with Gasteiger partial charge < -0.3 is 43.8 Å². The van der Waals surface area contributed by atoms with Crippen LogP contribution in [0.1, 0.15) is 118 Å². The number of methoxy groups -OCH3 is 1. The SMILES string of the molecule is C=C1[C@@H](NC(=O)[C@H](C(C)C)N(C)C(=O)C2(CC)CCN(C(=O)C#CC(C)(C)N(C)C)CC2)C[C@H]2CN(CCO2)c2cc3c(c(-c4cccnc4[C@H](C)OC)n(CC)c3cc2F)CC(C)(C)COC(=O)[C@@H]2CCCN1N2. The van der Waals surface area contributed by atoms with Gasteiger partial charge in [0.1, 0.15) is 17.9 Å². The number of aryl methyl sites for hydroxylation is 1. The second-order valence-corrected chi connectivity index (χ2v) is 23.1. The van der Waals surface area contributed by atoms with Crippen molar-refractivity contribution >= 4 is 40.3 Å². The quantitative estimate of drug-likeness (QED) is 0.149. The Morgan fingerprint density at radius 3 is 2.47 bits per heavy atom. The molecule has 410 valence electrons. The standard InChI is InChI=1S/C58H84FN9O7/c1-15-58(23-27-65(28-24-58)49(69)21-22-57(9,10)63(11)12)55(72)64(13)51(37(3)4)53(70)61-46-31-40-35-66(29-30-74-40)48-32-42-43(34-56(7,8)36-75-54(71)45-20-18-26-68(62-45)38(46)5)52(67(16-2)47(42)33-44(48)59)41-19-17-25-60-50(41)39(6)73-14/h17,19,25,32-33,37,39-40,45-46,51,62H,5,15-16,18,20,23-24,26-31,34-36H2,1-4,6-14H3,(H,61,70)/t39-,40-,45-,46-,51-/m0/s1. The van der Waals surface area contributed by atoms with E-state index in [1.54, 1.807) is 36.2 Å². The van der Waals surface area contributed by atoms with Crippen LogP contribution in [0.4, 0.5) is 10.1 Å². The lowest BCUT2D eigenvalue weighted by atomic mass is 9.74. The number of nitrogens with one attached hydrogen (secondary N) is 2. The molecule has 6 bridgehead atoms. The van der Waals surface area contributed by atoms with Crippen LogP contribution >= 0.6 is 0 Å². The summed E-state index contributed by atoms with van der Waals surface area (Å²) in [6.45, 7) is 25.5. The first-order valence-electron chi connectivity index (χ1n) is 27.1. The zero-order valence-corrected chi connectivity index (χ0v) is 47.0. The average molecular weight is 1040 g/mol. The number of hydrazine groups is 1. The lowest BCUT2D eigenvalue weighted by molar-refractivity contribution is -0.153. The fourth-order valence-corrected chi connectivity index (χ4v) is 11.3. The number of likely N-dealkylation sites (N-methyl/N-ethyl adjacent to an activating group) is 1. The Kier molecular flexibility index (Phi) is 17.8. The molecule has 16 nitrogen and oxygen atoms in total. The minimum absolute atomic E-state index is 0.123. The number of benzene rings is 1. The number of likely N-dealkylation sites (tertiary alicyclic amines) is 1. The Hall–Kier alpha value is -5.54. The summed E-state index contributed by atoms with van der Waals surface area (Å²) in [5.41, 5.74) is 6.89. The zero-order chi connectivity index (χ0) is 54.7. The number of anilines is 1. The molecule has 3 saturated heterocycles. The third kappa shape index (κ3) is 12.2. The highest BCUT2D eigenvalue weighted by molar-refractivity contribution is 5.96. The molecule has 4 aliphatic rings. The van der Waals surface area contributed by atoms with Crippen LogP contribution in [0.3, 0.4) is 0 Å². The molecule has 4 aliphatic heterocycles. The second kappa shape index (κ2) is 23.4. The Bertz CT molecular complexity index is 2660. The Balaban J connectivity index is 1.21. The number of rotatable bonds is 11. The Morgan fingerprint density at radius 1 is 1.09 bits per heavy atom. The van der Waals surface area contributed by atoms with Crippen molar-refractivity contribution in [2.75, 3.05) is 79.1 Å². The van der Waals surface area contributed by atoms with Crippen LogP contribution in [0.15, 0.2) is 42.7 Å². The number of cyclic esters (lactones) is 1. The van der Waals surface area contributed by atoms with Gasteiger partial charge in [0.25, 0.3) is 5.91 Å². The van der Waals surface area contributed by atoms with Crippen molar-refractivity contribution in [1.82, 2.24) is 40.0 Å². The summed E-state index contributed by atoms with van der Waals surface area (Å²) in [5, 5.41) is 6.05. The van der Waals surface area contributed by atoms with Gasteiger partial charge in [-0.15, -0.1) is 0 Å². The number of pyridine rings is 1. The number of amides is 3. The number of piperidine rings is 1. The van der Waals surface area contributed by atoms with Gasteiger partial charge in [-0.3, -0.25) is 29.1 Å². The van der Waals surface area contributed by atoms with Crippen molar-refractivity contribution in [3.8, 4) is 23.1 Å². The Labute approximate surface area is 445 Å². The highest BCUT2D eigenvalue weighted by Crippen LogP contribution is 2.43. The second-order valence-electron chi connectivity index (χ2n) is 23.1. The van der Waals surface area contributed by atoms with E-state index in [2.05, 4.69) is 54.5 Å². The van der Waals surface area contributed by atoms with Crippen molar-refractivity contribution in [3.05, 3.63) is 59.8 Å². The van der Waals surface area contributed by atoms with Crippen LogP contribution in [0.25, 0.3) is 22.2 Å². The van der Waals surface area contributed by atoms with E-state index in [0.29, 0.717) is 95.8 Å². The first-order chi connectivity index (χ1) is 35.5. The first-order valence-corrected chi connectivity index (χ1v) is 27.1. The van der Waals surface area contributed by atoms with Crippen molar-refractivity contribution in [3.63, 3.8) is 0 Å². The molecular weight excluding hydrogens is 954 g/mol. The van der Waals surface area contributed by atoms with Gasteiger partial charge in [-0.1, -0.05) is 47.1 Å². The maximum absolute atomic E-state index is 17.0. The number of carbonyl (C=O) groups excluding carboxylic acids is 4. The van der Waals surface area contributed by atoms with E-state index < -0.39 is 40.6 Å². The van der Waals surface area contributed by atoms with Crippen LogP contribution < -0.4 is 15.6 Å². The number of aromatic nitrogens is 2. The molecule has 0 saturated carbocycles. The molecule has 2 aromatic heterocycles. The number of hydrogen-bond donors (Lipinski definition) is 2. The number of hydrogen-bond acceptors (Lipinski definition) is 12. The predicted molar refractivity (Wildman–Crippen MR) is 291 cm³/mol. The molecule has 3 fully saturated rings. The number of ether oxygens (including phenoxy) is 3. The van der Waals surface area contributed by atoms with Crippen LogP contribution in [-0.2, 0) is 46.4 Å². The first kappa shape index (κ1) is 57.2. The lowest BCUT2D eigenvalue weighted by Gasteiger charge is -2.44. The largest absolute Gasteiger partial charge is 0.464 e. The van der Waals surface area contributed by atoms with Crippen LogP contribution in [0, 0.1) is 34.4 Å². The van der Waals surface area contributed by atoms with Crippen molar-refractivity contribution in [1.29, 1.82) is 0 Å². The van der Waals surface area contributed by atoms with E-state index in [0.717, 1.165) is 33.4 Å². The van der Waals surface area contributed by atoms with E-state index in [9.17, 15) is 19.2 Å². The van der Waals surface area contributed by atoms with Crippen molar-refractivity contribution < 1.29 is 37.8 Å². The van der Waals surface area contributed by atoms with E-state index >= 15 is 4.39 Å². The molecule has 6 heterocycles. The van der Waals surface area contributed by atoms with Gasteiger partial charge in [0, 0.05) is 94.2 Å². The molecular formula is C58H84FN9O7. The fourth-order valence-electron chi connectivity index (χ4n) is 11.3. The molecule has 17 heteroatoms. The minimum atomic E-state index is -0.861. The van der Waals surface area contributed by atoms with Crippen molar-refractivity contribution in [2.45, 2.75) is 150 Å². The molecule has 3 amide bonds. The highest BCUT2D eigenvalue weighted by atomic mass is 19.1. The van der Waals surface area contributed by atoms with E-state index in [4.69, 9.17) is 19.2 Å². The number of carbonyl (C=O) groups is 4. The molecule has 5 atom stereocenters. The van der Waals surface area contributed by atoms with E-state index in [1.165, 1.54) is 0 Å². The average Bonchev–Trinajstić information content (AvgIpc) is 3.68. The van der Waals surface area contributed by atoms with Gasteiger partial charge >= 0.3 is 5.97 Å². The van der Waals surface area contributed by atoms with Gasteiger partial charge in [-0.05, 0) is 116 Å². The van der Waals surface area contributed by atoms with Gasteiger partial charge in [0.15, 0.2) is 0 Å². The molecule has 0 spiro atoms. The van der Waals surface area contributed by atoms with Gasteiger partial charge in [0.2, 0.25) is 11.8 Å². The summed E-state index contributed by atoms with van der Waals surface area (Å²) in [4.78, 5) is 69.3. The molecule has 1 aromatic carbocycles. The molecule has 75 heavy (non-hydrogen) atoms. The summed E-state index contributed by atoms with van der Waals surface area (Å²) < 4.78 is 37.6. The van der Waals surface area contributed by atoms with Gasteiger partial charge in [-0.25, -0.2) is 9.82 Å². The summed E-state index contributed by atoms with van der Waals surface area (Å²) in [5.74, 6) is 4.13. The summed E-state index contributed by atoms with van der Waals surface area (Å²) in [7, 11) is 7.20. The number of halogens is 1. The molecule has 2 N–H and O–H groups in total. The molecule has 3 aromatic rings. The van der Waals surface area contributed by atoms with Crippen LogP contribution in [0.5, 0.6) is 0 Å². The number of esters is 1. The van der Waals surface area contributed by atoms with Crippen molar-refractivity contribution in [2.24, 2.45) is 16.7 Å². The normalized spacial score (nSPS) is 22.2. The molecule has 0 radical (unpaired) electrons. The molecule has 7 rings (SSSR count). The van der Waals surface area contributed by atoms with E-state index in [-0.39, 0.29) is 54.6 Å². The smallest absolute Gasteiger partial charge is 0.324 e. The zero-order valence-electron chi connectivity index (χ0n) is 47.0. The number of nitrogens with zero attached hydrogens (tertiary/aromatic N) is 7. The summed E-state index contributed by atoms with van der Waals surface area (Å²) in [6.07, 6.45) is 4.38. The summed E-state index contributed by atoms with van der Waals surface area (Å²) >= 11 is 0. The van der Waals surface area contributed by atoms with Gasteiger partial charge in [0.05, 0.1) is 65.0 Å². The third-order valence-corrected chi connectivity index (χ3v) is 16.5. The maximum atomic E-state index is 17.0. The number of fused-ring (bicyclic) bond motifs is 6. The fraction of sp³-hybridized carbons (Fsp3) is 0.638. The summed E-state index contributed by atoms with van der Waals surface area (Å²) in [6, 6.07) is 5.30. The topological polar surface area (TPSA) is 154 Å². The van der Waals surface area contributed by atoms with Crippen LogP contribution in [-0.4, -0.2) is 157 Å². The minimum Gasteiger partial charge on any atom is -0.464 e. The third-order valence-electron chi connectivity index (χ3n) is 16.5. The predicted octanol–water partition coefficient (Wildman–Crippen LogP) is 7.10. The monoisotopic (exact) mass is 1040 g/mol.